The quantitative estimate of drug-likeness (QED) is 0.692. The first-order valence-corrected chi connectivity index (χ1v) is 5.42. The Morgan fingerprint density at radius 2 is 2.33 bits per heavy atom. The van der Waals surface area contributed by atoms with Crippen molar-refractivity contribution in [1.82, 2.24) is 0 Å². The lowest BCUT2D eigenvalue weighted by atomic mass is 9.71. The van der Waals surface area contributed by atoms with Crippen molar-refractivity contribution in [2.75, 3.05) is 7.11 Å². The molecule has 0 radical (unpaired) electrons. The van der Waals surface area contributed by atoms with Gasteiger partial charge in [0.05, 0.1) is 18.6 Å². The first-order valence-electron chi connectivity index (χ1n) is 5.42. The van der Waals surface area contributed by atoms with Crippen molar-refractivity contribution in [3.8, 4) is 11.8 Å². The molecule has 15 heavy (non-hydrogen) atoms. The fourth-order valence-corrected chi connectivity index (χ4v) is 3.93. The highest BCUT2D eigenvalue weighted by atomic mass is 16.5. The Kier molecular flexibility index (Phi) is 1.05. The Labute approximate surface area is 88.5 Å². The van der Waals surface area contributed by atoms with Crippen molar-refractivity contribution in [3.63, 3.8) is 0 Å². The summed E-state index contributed by atoms with van der Waals surface area (Å²) in [5, 5.41) is 9.29. The van der Waals surface area contributed by atoms with Crippen LogP contribution in [0.15, 0.2) is 18.2 Å². The first kappa shape index (κ1) is 7.76. The minimum absolute atomic E-state index is 0.00863. The van der Waals surface area contributed by atoms with E-state index in [0.717, 1.165) is 5.75 Å². The standard InChI is InChI=1S/C13H11NO/c1-15-7-2-3-8-9(4-7)12-11-5-10(8)13(11,12)6-14/h2-4,10-12H,5H2,1H3/t10-,11-,12+,13+/m0/s1. The van der Waals surface area contributed by atoms with Crippen LogP contribution in [0.2, 0.25) is 0 Å². The van der Waals surface area contributed by atoms with E-state index in [9.17, 15) is 5.26 Å². The molecule has 0 saturated heterocycles. The summed E-state index contributed by atoms with van der Waals surface area (Å²) in [5.74, 6) is 2.64. The van der Waals surface area contributed by atoms with E-state index in [0.29, 0.717) is 17.8 Å². The van der Waals surface area contributed by atoms with Crippen molar-refractivity contribution in [1.29, 1.82) is 5.26 Å². The molecule has 0 amide bonds. The predicted molar refractivity (Wildman–Crippen MR) is 54.6 cm³/mol. The van der Waals surface area contributed by atoms with Gasteiger partial charge in [-0.25, -0.2) is 0 Å². The average Bonchev–Trinajstić information content (AvgIpc) is 2.71. The summed E-state index contributed by atoms with van der Waals surface area (Å²) in [7, 11) is 1.70. The molecular formula is C13H11NO. The van der Waals surface area contributed by atoms with E-state index in [1.807, 2.05) is 6.07 Å². The molecule has 2 fully saturated rings. The summed E-state index contributed by atoms with van der Waals surface area (Å²) in [6, 6.07) is 8.86. The maximum Gasteiger partial charge on any atom is 0.119 e. The van der Waals surface area contributed by atoms with E-state index in [2.05, 4.69) is 18.2 Å². The molecule has 4 rings (SSSR count). The summed E-state index contributed by atoms with van der Waals surface area (Å²) >= 11 is 0. The Morgan fingerprint density at radius 3 is 3.07 bits per heavy atom. The average molecular weight is 197 g/mol. The topological polar surface area (TPSA) is 33.0 Å². The molecule has 1 aromatic rings. The van der Waals surface area contributed by atoms with Crippen LogP contribution in [-0.4, -0.2) is 7.11 Å². The van der Waals surface area contributed by atoms with Gasteiger partial charge >= 0.3 is 0 Å². The number of hydrogen-bond acceptors (Lipinski definition) is 2. The second-order valence-corrected chi connectivity index (χ2v) is 4.91. The summed E-state index contributed by atoms with van der Waals surface area (Å²) in [6.45, 7) is 0. The molecule has 0 unspecified atom stereocenters. The second kappa shape index (κ2) is 2.04. The molecule has 4 atom stereocenters. The third-order valence-electron chi connectivity index (χ3n) is 4.69. The van der Waals surface area contributed by atoms with Crippen molar-refractivity contribution in [2.45, 2.75) is 18.3 Å². The number of hydrogen-bond donors (Lipinski definition) is 0. The molecule has 0 spiro atoms. The molecule has 2 saturated carbocycles. The highest BCUT2D eigenvalue weighted by Crippen LogP contribution is 2.87. The van der Waals surface area contributed by atoms with Crippen LogP contribution in [0.3, 0.4) is 0 Å². The summed E-state index contributed by atoms with van der Waals surface area (Å²) in [4.78, 5) is 0. The molecule has 0 heterocycles. The first-order chi connectivity index (χ1) is 7.32. The van der Waals surface area contributed by atoms with Crippen LogP contribution in [0, 0.1) is 22.7 Å². The molecule has 2 heteroatoms. The van der Waals surface area contributed by atoms with Gasteiger partial charge in [-0.05, 0) is 35.6 Å². The highest BCUT2D eigenvalue weighted by Gasteiger charge is 2.81. The van der Waals surface area contributed by atoms with Gasteiger partial charge in [-0.15, -0.1) is 0 Å². The lowest BCUT2D eigenvalue weighted by Crippen LogP contribution is -2.24. The molecule has 0 aromatic heterocycles. The number of nitriles is 1. The normalized spacial score (nSPS) is 42.3. The van der Waals surface area contributed by atoms with E-state index in [-0.39, 0.29) is 5.41 Å². The van der Waals surface area contributed by atoms with Crippen LogP contribution in [0.4, 0.5) is 0 Å². The number of fused-ring (bicyclic) bond motifs is 4. The fourth-order valence-electron chi connectivity index (χ4n) is 3.93. The minimum Gasteiger partial charge on any atom is -0.497 e. The lowest BCUT2D eigenvalue weighted by molar-refractivity contribution is 0.311. The maximum atomic E-state index is 9.29. The van der Waals surface area contributed by atoms with Gasteiger partial charge in [-0.1, -0.05) is 6.07 Å². The van der Waals surface area contributed by atoms with E-state index < -0.39 is 0 Å². The van der Waals surface area contributed by atoms with E-state index in [4.69, 9.17) is 4.74 Å². The molecule has 74 valence electrons. The molecule has 2 nitrogen and oxygen atoms in total. The van der Waals surface area contributed by atoms with Crippen LogP contribution < -0.4 is 4.74 Å². The number of ether oxygens (including phenoxy) is 1. The van der Waals surface area contributed by atoms with Crippen molar-refractivity contribution in [3.05, 3.63) is 29.3 Å². The molecule has 3 aliphatic carbocycles. The Balaban J connectivity index is 1.90. The molecule has 0 bridgehead atoms. The third kappa shape index (κ3) is 0.587. The summed E-state index contributed by atoms with van der Waals surface area (Å²) in [6.07, 6.45) is 1.23. The van der Waals surface area contributed by atoms with Gasteiger partial charge in [-0.3, -0.25) is 0 Å². The SMILES string of the molecule is COc1ccc2c(c1)[C@@H]1[C@@H]3C[C@@H]2[C@@]13C#N. The second-order valence-electron chi connectivity index (χ2n) is 4.91. The van der Waals surface area contributed by atoms with Crippen molar-refractivity contribution < 1.29 is 4.74 Å². The van der Waals surface area contributed by atoms with Gasteiger partial charge < -0.3 is 4.74 Å². The maximum absolute atomic E-state index is 9.29. The van der Waals surface area contributed by atoms with Crippen LogP contribution in [0.1, 0.15) is 29.4 Å². The largest absolute Gasteiger partial charge is 0.497 e. The Morgan fingerprint density at radius 1 is 1.47 bits per heavy atom. The van der Waals surface area contributed by atoms with Gasteiger partial charge in [0.1, 0.15) is 5.75 Å². The summed E-state index contributed by atoms with van der Waals surface area (Å²) in [5.41, 5.74) is 2.80. The van der Waals surface area contributed by atoms with E-state index >= 15 is 0 Å². The fraction of sp³-hybridized carbons (Fsp3) is 0.462. The van der Waals surface area contributed by atoms with Gasteiger partial charge in [0.2, 0.25) is 0 Å². The highest BCUT2D eigenvalue weighted by molar-refractivity contribution is 5.61. The van der Waals surface area contributed by atoms with Gasteiger partial charge in [-0.2, -0.15) is 5.26 Å². The van der Waals surface area contributed by atoms with E-state index in [1.54, 1.807) is 7.11 Å². The number of benzene rings is 1. The van der Waals surface area contributed by atoms with Crippen LogP contribution in [0.5, 0.6) is 5.75 Å². The summed E-state index contributed by atoms with van der Waals surface area (Å²) < 4.78 is 5.24. The molecule has 1 aromatic carbocycles. The Hall–Kier alpha value is -1.49. The predicted octanol–water partition coefficient (Wildman–Crippen LogP) is 2.42. The number of rotatable bonds is 1. The molecule has 3 aliphatic rings. The van der Waals surface area contributed by atoms with Crippen LogP contribution in [-0.2, 0) is 0 Å². The van der Waals surface area contributed by atoms with Crippen LogP contribution in [0.25, 0.3) is 0 Å². The zero-order valence-corrected chi connectivity index (χ0v) is 8.53. The Bertz CT molecular complexity index is 516. The van der Waals surface area contributed by atoms with Crippen molar-refractivity contribution >= 4 is 0 Å². The monoisotopic (exact) mass is 197 g/mol. The smallest absolute Gasteiger partial charge is 0.119 e. The van der Waals surface area contributed by atoms with Crippen molar-refractivity contribution in [2.24, 2.45) is 11.3 Å². The van der Waals surface area contributed by atoms with Gasteiger partial charge in [0.15, 0.2) is 0 Å². The lowest BCUT2D eigenvalue weighted by Gasteiger charge is -2.31. The minimum atomic E-state index is 0.00863. The number of nitrogens with zero attached hydrogens (tertiary/aromatic N) is 1. The number of methoxy groups -OCH3 is 1. The molecule has 0 N–H and O–H groups in total. The zero-order valence-electron chi connectivity index (χ0n) is 8.53. The third-order valence-corrected chi connectivity index (χ3v) is 4.69. The van der Waals surface area contributed by atoms with E-state index in [1.165, 1.54) is 17.5 Å². The van der Waals surface area contributed by atoms with Gasteiger partial charge in [0.25, 0.3) is 0 Å². The zero-order chi connectivity index (χ0) is 10.2. The van der Waals surface area contributed by atoms with Crippen LogP contribution >= 0.6 is 0 Å². The van der Waals surface area contributed by atoms with Gasteiger partial charge in [0, 0.05) is 11.8 Å². The molecular weight excluding hydrogens is 186 g/mol. The molecule has 0 aliphatic heterocycles.